The predicted molar refractivity (Wildman–Crippen MR) is 38.0 cm³/mol. The molecule has 0 unspecified atom stereocenters. The second-order valence-corrected chi connectivity index (χ2v) is 2.54. The Bertz CT molecular complexity index is 415. The molecule has 82 valence electrons. The van der Waals surface area contributed by atoms with Gasteiger partial charge < -0.3 is 0 Å². The molecule has 0 N–H and O–H groups in total. The van der Waals surface area contributed by atoms with Gasteiger partial charge in [0.2, 0.25) is 5.82 Å². The third-order valence-electron chi connectivity index (χ3n) is 1.54. The number of halogens is 5. The lowest BCUT2D eigenvalue weighted by atomic mass is 10.1. The summed E-state index contributed by atoms with van der Waals surface area (Å²) in [5.74, 6) is -3.53. The van der Waals surface area contributed by atoms with Crippen LogP contribution in [-0.2, 0) is 6.18 Å². The minimum atomic E-state index is -5.09. The fourth-order valence-corrected chi connectivity index (χ4v) is 0.895. The van der Waals surface area contributed by atoms with Crippen molar-refractivity contribution in [1.29, 1.82) is 0 Å². The monoisotopic (exact) mass is 227 g/mol. The average molecular weight is 227 g/mol. The van der Waals surface area contributed by atoms with Gasteiger partial charge in [-0.15, -0.1) is 0 Å². The molecule has 0 spiro atoms. The van der Waals surface area contributed by atoms with E-state index in [2.05, 4.69) is 0 Å². The number of benzene rings is 1. The zero-order valence-electron chi connectivity index (χ0n) is 6.81. The van der Waals surface area contributed by atoms with Gasteiger partial charge in [0, 0.05) is 12.1 Å². The van der Waals surface area contributed by atoms with Crippen LogP contribution < -0.4 is 0 Å². The van der Waals surface area contributed by atoms with Gasteiger partial charge >= 0.3 is 11.9 Å². The van der Waals surface area contributed by atoms with Crippen molar-refractivity contribution in [2.75, 3.05) is 0 Å². The Labute approximate surface area is 79.3 Å². The van der Waals surface area contributed by atoms with Gasteiger partial charge in [-0.25, -0.2) is 4.39 Å². The van der Waals surface area contributed by atoms with Crippen LogP contribution in [0.4, 0.5) is 27.6 Å². The topological polar surface area (TPSA) is 43.1 Å². The van der Waals surface area contributed by atoms with Gasteiger partial charge in [-0.1, -0.05) is 0 Å². The van der Waals surface area contributed by atoms with E-state index in [9.17, 15) is 32.1 Å². The lowest BCUT2D eigenvalue weighted by Crippen LogP contribution is -2.09. The highest BCUT2D eigenvalue weighted by atomic mass is 19.4. The average Bonchev–Trinajstić information content (AvgIpc) is 2.00. The molecule has 1 aromatic carbocycles. The molecule has 0 radical (unpaired) electrons. The maximum Gasteiger partial charge on any atom is 0.419 e. The van der Waals surface area contributed by atoms with Crippen molar-refractivity contribution < 1.29 is 26.9 Å². The summed E-state index contributed by atoms with van der Waals surface area (Å²) in [6.07, 6.45) is -5.09. The van der Waals surface area contributed by atoms with Crippen molar-refractivity contribution in [3.05, 3.63) is 39.4 Å². The molecular weight excluding hydrogens is 225 g/mol. The highest BCUT2D eigenvalue weighted by Gasteiger charge is 2.37. The summed E-state index contributed by atoms with van der Waals surface area (Å²) in [6.45, 7) is 0. The molecule has 15 heavy (non-hydrogen) atoms. The second-order valence-electron chi connectivity index (χ2n) is 2.54. The molecule has 0 saturated carbocycles. The van der Waals surface area contributed by atoms with E-state index in [1.807, 2.05) is 0 Å². The Kier molecular flexibility index (Phi) is 2.61. The Balaban J connectivity index is 3.43. The van der Waals surface area contributed by atoms with Crippen LogP contribution >= 0.6 is 0 Å². The van der Waals surface area contributed by atoms with E-state index in [1.54, 1.807) is 0 Å². The molecule has 8 heteroatoms. The third-order valence-corrected chi connectivity index (χ3v) is 1.54. The SMILES string of the molecule is O=[N+]([O-])c1cc(C(F)(F)F)c(F)cc1F. The quantitative estimate of drug-likeness (QED) is 0.420. The van der Waals surface area contributed by atoms with E-state index in [0.29, 0.717) is 0 Å². The highest BCUT2D eigenvalue weighted by molar-refractivity contribution is 5.38. The molecule has 0 bridgehead atoms. The van der Waals surface area contributed by atoms with Crippen LogP contribution in [0.2, 0.25) is 0 Å². The largest absolute Gasteiger partial charge is 0.419 e. The first kappa shape index (κ1) is 11.3. The Hall–Kier alpha value is -1.73. The summed E-state index contributed by atoms with van der Waals surface area (Å²) in [4.78, 5) is 8.73. The van der Waals surface area contributed by atoms with Crippen molar-refractivity contribution in [3.8, 4) is 0 Å². The van der Waals surface area contributed by atoms with E-state index in [1.165, 1.54) is 0 Å². The molecule has 0 saturated heterocycles. The Morgan fingerprint density at radius 2 is 1.67 bits per heavy atom. The lowest BCUT2D eigenvalue weighted by Gasteiger charge is -2.07. The first-order valence-electron chi connectivity index (χ1n) is 3.44. The number of hydrogen-bond acceptors (Lipinski definition) is 2. The minimum absolute atomic E-state index is 0.166. The lowest BCUT2D eigenvalue weighted by molar-refractivity contribution is -0.387. The summed E-state index contributed by atoms with van der Waals surface area (Å²) in [5.41, 5.74) is -3.28. The zero-order chi connectivity index (χ0) is 11.8. The predicted octanol–water partition coefficient (Wildman–Crippen LogP) is 2.89. The number of hydrogen-bond donors (Lipinski definition) is 0. The molecule has 3 nitrogen and oxygen atoms in total. The van der Waals surface area contributed by atoms with Crippen LogP contribution in [0.15, 0.2) is 12.1 Å². The highest BCUT2D eigenvalue weighted by Crippen LogP contribution is 2.34. The van der Waals surface area contributed by atoms with Gasteiger partial charge in [-0.3, -0.25) is 10.1 Å². The second kappa shape index (κ2) is 3.44. The van der Waals surface area contributed by atoms with E-state index in [0.717, 1.165) is 0 Å². The first-order chi connectivity index (χ1) is 6.73. The number of alkyl halides is 3. The van der Waals surface area contributed by atoms with Gasteiger partial charge in [0.05, 0.1) is 10.5 Å². The van der Waals surface area contributed by atoms with E-state index in [4.69, 9.17) is 0 Å². The molecule has 1 rings (SSSR count). The molecule has 0 fully saturated rings. The van der Waals surface area contributed by atoms with Crippen LogP contribution in [0.1, 0.15) is 5.56 Å². The molecule has 0 amide bonds. The van der Waals surface area contributed by atoms with Crippen molar-refractivity contribution in [1.82, 2.24) is 0 Å². The van der Waals surface area contributed by atoms with Gasteiger partial charge in [0.25, 0.3) is 0 Å². The van der Waals surface area contributed by atoms with Crippen molar-refractivity contribution >= 4 is 5.69 Å². The fraction of sp³-hybridized carbons (Fsp3) is 0.143. The van der Waals surface area contributed by atoms with Crippen LogP contribution in [-0.4, -0.2) is 4.92 Å². The molecule has 0 aromatic heterocycles. The zero-order valence-corrected chi connectivity index (χ0v) is 6.81. The smallest absolute Gasteiger partial charge is 0.258 e. The van der Waals surface area contributed by atoms with Crippen LogP contribution in [0.3, 0.4) is 0 Å². The molecule has 0 heterocycles. The summed E-state index contributed by atoms with van der Waals surface area (Å²) >= 11 is 0. The van der Waals surface area contributed by atoms with Crippen molar-refractivity contribution in [2.45, 2.75) is 6.18 Å². The Morgan fingerprint density at radius 1 is 1.13 bits per heavy atom. The van der Waals surface area contributed by atoms with Gasteiger partial charge in [-0.2, -0.15) is 17.6 Å². The van der Waals surface area contributed by atoms with E-state index >= 15 is 0 Å². The van der Waals surface area contributed by atoms with Gasteiger partial charge in [0.15, 0.2) is 0 Å². The molecular formula is C7H2F5NO2. The van der Waals surface area contributed by atoms with Gasteiger partial charge in [-0.05, 0) is 0 Å². The van der Waals surface area contributed by atoms with Gasteiger partial charge in [0.1, 0.15) is 5.82 Å². The fourth-order valence-electron chi connectivity index (χ4n) is 0.895. The number of rotatable bonds is 1. The number of nitro benzene ring substituents is 1. The summed E-state index contributed by atoms with van der Waals surface area (Å²) in [5, 5.41) is 10.1. The van der Waals surface area contributed by atoms with Crippen molar-refractivity contribution in [2.24, 2.45) is 0 Å². The number of nitrogens with zero attached hydrogens (tertiary/aromatic N) is 1. The molecule has 0 aliphatic carbocycles. The van der Waals surface area contributed by atoms with Crippen LogP contribution in [0.5, 0.6) is 0 Å². The normalized spacial score (nSPS) is 11.5. The molecule has 0 atom stereocenters. The standard InChI is InChI=1S/C7H2F5NO2/c8-4-2-5(9)6(13(14)15)1-3(4)7(10,11)12/h1-2H. The number of nitro groups is 1. The summed E-state index contributed by atoms with van der Waals surface area (Å²) < 4.78 is 61.3. The summed E-state index contributed by atoms with van der Waals surface area (Å²) in [7, 11) is 0. The maximum atomic E-state index is 12.6. The first-order valence-corrected chi connectivity index (χ1v) is 3.44. The van der Waals surface area contributed by atoms with Crippen LogP contribution in [0, 0.1) is 21.7 Å². The molecule has 0 aliphatic rings. The third kappa shape index (κ3) is 2.20. The van der Waals surface area contributed by atoms with E-state index < -0.39 is 34.0 Å². The maximum absolute atomic E-state index is 12.6. The van der Waals surface area contributed by atoms with E-state index in [-0.39, 0.29) is 12.1 Å². The Morgan fingerprint density at radius 3 is 2.07 bits per heavy atom. The summed E-state index contributed by atoms with van der Waals surface area (Å²) in [6, 6.07) is -0.342. The molecule has 0 aliphatic heterocycles. The van der Waals surface area contributed by atoms with Crippen LogP contribution in [0.25, 0.3) is 0 Å². The minimum Gasteiger partial charge on any atom is -0.258 e. The van der Waals surface area contributed by atoms with Crippen molar-refractivity contribution in [3.63, 3.8) is 0 Å². The molecule has 1 aromatic rings.